The van der Waals surface area contributed by atoms with Crippen LogP contribution < -0.4 is 14.8 Å². The summed E-state index contributed by atoms with van der Waals surface area (Å²) in [6, 6.07) is 12.3. The van der Waals surface area contributed by atoms with E-state index in [4.69, 9.17) is 21.1 Å². The van der Waals surface area contributed by atoms with E-state index < -0.39 is 0 Å². The lowest BCUT2D eigenvalue weighted by Crippen LogP contribution is -2.16. The summed E-state index contributed by atoms with van der Waals surface area (Å²) in [7, 11) is 0. The Kier molecular flexibility index (Phi) is 6.42. The Balaban J connectivity index is 1.60. The van der Waals surface area contributed by atoms with Crippen LogP contribution in [0.25, 0.3) is 10.9 Å². The lowest BCUT2D eigenvalue weighted by atomic mass is 10.1. The molecule has 3 rings (SSSR count). The molecule has 0 aliphatic carbocycles. The molecule has 138 valence electrons. The van der Waals surface area contributed by atoms with Crippen molar-refractivity contribution in [1.29, 1.82) is 0 Å². The van der Waals surface area contributed by atoms with Gasteiger partial charge in [-0.1, -0.05) is 29.8 Å². The van der Waals surface area contributed by atoms with Crippen molar-refractivity contribution in [2.45, 2.75) is 26.8 Å². The number of nitrogens with one attached hydrogen (secondary N) is 2. The first-order chi connectivity index (χ1) is 12.7. The molecule has 5 heteroatoms. The van der Waals surface area contributed by atoms with Crippen molar-refractivity contribution < 1.29 is 9.47 Å². The maximum absolute atomic E-state index is 6.37. The van der Waals surface area contributed by atoms with Crippen LogP contribution in [0.3, 0.4) is 0 Å². The van der Waals surface area contributed by atoms with Crippen LogP contribution in [0.15, 0.2) is 42.6 Å². The number of para-hydroxylation sites is 1. The van der Waals surface area contributed by atoms with E-state index in [1.54, 1.807) is 0 Å². The first kappa shape index (κ1) is 18.6. The highest BCUT2D eigenvalue weighted by Gasteiger charge is 2.12. The number of aromatic nitrogens is 1. The number of ether oxygens (including phenoxy) is 2. The molecule has 0 bridgehead atoms. The molecule has 4 nitrogen and oxygen atoms in total. The van der Waals surface area contributed by atoms with Gasteiger partial charge in [-0.25, -0.2) is 0 Å². The molecule has 26 heavy (non-hydrogen) atoms. The summed E-state index contributed by atoms with van der Waals surface area (Å²) in [6.45, 7) is 6.64. The Bertz CT molecular complexity index is 860. The standard InChI is InChI=1S/C21H25ClN2O2/c1-3-25-20-12-15(11-18(22)21(20)26-4-2)13-23-10-9-16-14-24-19-8-6-5-7-17(16)19/h5-8,11-12,14,23-24H,3-4,9-10,13H2,1-2H3. The van der Waals surface area contributed by atoms with Crippen LogP contribution >= 0.6 is 11.6 Å². The van der Waals surface area contributed by atoms with Gasteiger partial charge in [-0.3, -0.25) is 0 Å². The molecule has 0 radical (unpaired) electrons. The predicted octanol–water partition coefficient (Wildman–Crippen LogP) is 4.95. The Morgan fingerprint density at radius 2 is 1.88 bits per heavy atom. The summed E-state index contributed by atoms with van der Waals surface area (Å²) in [4.78, 5) is 3.32. The summed E-state index contributed by atoms with van der Waals surface area (Å²) >= 11 is 6.37. The van der Waals surface area contributed by atoms with E-state index in [0.717, 1.165) is 25.1 Å². The molecular weight excluding hydrogens is 348 g/mol. The average Bonchev–Trinajstić information content (AvgIpc) is 3.05. The number of rotatable bonds is 9. The highest BCUT2D eigenvalue weighted by molar-refractivity contribution is 6.32. The normalized spacial score (nSPS) is 11.0. The fourth-order valence-electron chi connectivity index (χ4n) is 3.07. The van der Waals surface area contributed by atoms with E-state index in [-0.39, 0.29) is 0 Å². The number of H-pyrrole nitrogens is 1. The smallest absolute Gasteiger partial charge is 0.179 e. The zero-order chi connectivity index (χ0) is 18.4. The average molecular weight is 373 g/mol. The third-order valence-corrected chi connectivity index (χ3v) is 4.51. The minimum absolute atomic E-state index is 0.558. The van der Waals surface area contributed by atoms with Crippen LogP contribution in [-0.4, -0.2) is 24.7 Å². The summed E-state index contributed by atoms with van der Waals surface area (Å²) in [5.41, 5.74) is 3.59. The van der Waals surface area contributed by atoms with Crippen LogP contribution in [0.4, 0.5) is 0 Å². The highest BCUT2D eigenvalue weighted by Crippen LogP contribution is 2.36. The summed E-state index contributed by atoms with van der Waals surface area (Å²) in [5, 5.41) is 5.36. The van der Waals surface area contributed by atoms with Crippen molar-refractivity contribution in [2.24, 2.45) is 0 Å². The topological polar surface area (TPSA) is 46.3 Å². The molecule has 0 spiro atoms. The molecule has 0 atom stereocenters. The molecule has 1 heterocycles. The molecule has 0 aliphatic heterocycles. The number of hydrogen-bond donors (Lipinski definition) is 2. The first-order valence-electron chi connectivity index (χ1n) is 9.06. The second-order valence-corrected chi connectivity index (χ2v) is 6.46. The van der Waals surface area contributed by atoms with E-state index in [1.165, 1.54) is 16.5 Å². The number of hydrogen-bond acceptors (Lipinski definition) is 3. The zero-order valence-corrected chi connectivity index (χ0v) is 16.0. The number of fused-ring (bicyclic) bond motifs is 1. The molecule has 2 N–H and O–H groups in total. The fraction of sp³-hybridized carbons (Fsp3) is 0.333. The van der Waals surface area contributed by atoms with Gasteiger partial charge >= 0.3 is 0 Å². The van der Waals surface area contributed by atoms with Crippen LogP contribution in [0, 0.1) is 0 Å². The van der Waals surface area contributed by atoms with Gasteiger partial charge in [0.2, 0.25) is 0 Å². The van der Waals surface area contributed by atoms with Crippen LogP contribution in [0.1, 0.15) is 25.0 Å². The van der Waals surface area contributed by atoms with Crippen molar-refractivity contribution in [3.63, 3.8) is 0 Å². The summed E-state index contributed by atoms with van der Waals surface area (Å²) in [5.74, 6) is 1.33. The minimum atomic E-state index is 0.558. The Morgan fingerprint density at radius 3 is 2.69 bits per heavy atom. The van der Waals surface area contributed by atoms with E-state index in [9.17, 15) is 0 Å². The Morgan fingerprint density at radius 1 is 1.08 bits per heavy atom. The maximum atomic E-state index is 6.37. The maximum Gasteiger partial charge on any atom is 0.179 e. The van der Waals surface area contributed by atoms with Gasteiger partial charge in [0.15, 0.2) is 11.5 Å². The third-order valence-electron chi connectivity index (χ3n) is 4.23. The van der Waals surface area contributed by atoms with E-state index >= 15 is 0 Å². The number of halogens is 1. The van der Waals surface area contributed by atoms with Gasteiger partial charge in [-0.15, -0.1) is 0 Å². The van der Waals surface area contributed by atoms with Crippen LogP contribution in [0.5, 0.6) is 11.5 Å². The van der Waals surface area contributed by atoms with Gasteiger partial charge in [0.25, 0.3) is 0 Å². The molecule has 3 aromatic rings. The molecular formula is C21H25ClN2O2. The van der Waals surface area contributed by atoms with Crippen molar-refractivity contribution in [2.75, 3.05) is 19.8 Å². The van der Waals surface area contributed by atoms with E-state index in [1.807, 2.05) is 32.0 Å². The Labute approximate surface area is 159 Å². The van der Waals surface area contributed by atoms with Gasteiger partial charge < -0.3 is 19.8 Å². The molecule has 0 unspecified atom stereocenters. The highest BCUT2D eigenvalue weighted by atomic mass is 35.5. The lowest BCUT2D eigenvalue weighted by molar-refractivity contribution is 0.287. The van der Waals surface area contributed by atoms with Crippen molar-refractivity contribution in [3.05, 3.63) is 58.7 Å². The molecule has 0 saturated carbocycles. The van der Waals surface area contributed by atoms with Crippen molar-refractivity contribution in [3.8, 4) is 11.5 Å². The van der Waals surface area contributed by atoms with E-state index in [2.05, 4.69) is 34.7 Å². The summed E-state index contributed by atoms with van der Waals surface area (Å²) < 4.78 is 11.3. The van der Waals surface area contributed by atoms with Crippen LogP contribution in [0.2, 0.25) is 5.02 Å². The zero-order valence-electron chi connectivity index (χ0n) is 15.3. The molecule has 2 aromatic carbocycles. The number of benzene rings is 2. The SMILES string of the molecule is CCOc1cc(CNCCc2c[nH]c3ccccc23)cc(Cl)c1OCC. The van der Waals surface area contributed by atoms with Gasteiger partial charge in [0.1, 0.15) is 0 Å². The van der Waals surface area contributed by atoms with Gasteiger partial charge in [-0.05, 0) is 56.1 Å². The molecule has 1 aromatic heterocycles. The number of aromatic amines is 1. The first-order valence-corrected chi connectivity index (χ1v) is 9.44. The van der Waals surface area contributed by atoms with Gasteiger partial charge in [0.05, 0.1) is 18.2 Å². The van der Waals surface area contributed by atoms with Crippen molar-refractivity contribution in [1.82, 2.24) is 10.3 Å². The lowest BCUT2D eigenvalue weighted by Gasteiger charge is -2.14. The molecule has 0 aliphatic rings. The second kappa shape index (κ2) is 8.97. The largest absolute Gasteiger partial charge is 0.490 e. The molecule has 0 saturated heterocycles. The monoisotopic (exact) mass is 372 g/mol. The van der Waals surface area contributed by atoms with Gasteiger partial charge in [0, 0.05) is 23.6 Å². The Hall–Kier alpha value is -2.17. The molecule has 0 amide bonds. The summed E-state index contributed by atoms with van der Waals surface area (Å²) in [6.07, 6.45) is 3.06. The fourth-order valence-corrected chi connectivity index (χ4v) is 3.35. The quantitative estimate of drug-likeness (QED) is 0.522. The van der Waals surface area contributed by atoms with Crippen molar-refractivity contribution >= 4 is 22.5 Å². The third kappa shape index (κ3) is 4.32. The molecule has 0 fully saturated rings. The van der Waals surface area contributed by atoms with E-state index in [0.29, 0.717) is 29.7 Å². The second-order valence-electron chi connectivity index (χ2n) is 6.06. The predicted molar refractivity (Wildman–Crippen MR) is 107 cm³/mol. The van der Waals surface area contributed by atoms with Crippen LogP contribution in [-0.2, 0) is 13.0 Å². The minimum Gasteiger partial charge on any atom is -0.490 e. The van der Waals surface area contributed by atoms with Gasteiger partial charge in [-0.2, -0.15) is 0 Å².